The normalized spacial score (nSPS) is 10.9. The van der Waals surface area contributed by atoms with E-state index >= 15 is 0 Å². The molecule has 0 saturated carbocycles. The van der Waals surface area contributed by atoms with Gasteiger partial charge in [0.1, 0.15) is 16.5 Å². The van der Waals surface area contributed by atoms with E-state index in [1.54, 1.807) is 54.7 Å². The van der Waals surface area contributed by atoms with Gasteiger partial charge in [-0.15, -0.1) is 0 Å². The zero-order valence-corrected chi connectivity index (χ0v) is 14.7. The number of hydrogen-bond acceptors (Lipinski definition) is 4. The molecule has 7 heteroatoms. The van der Waals surface area contributed by atoms with E-state index in [1.807, 2.05) is 0 Å². The molecule has 2 aromatic heterocycles. The number of nitrogens with zero attached hydrogens (tertiary/aromatic N) is 2. The van der Waals surface area contributed by atoms with Gasteiger partial charge in [-0.05, 0) is 36.4 Å². The Balaban J connectivity index is 1.57. The van der Waals surface area contributed by atoms with Gasteiger partial charge >= 0.3 is 0 Å². The molecular formula is C20H13ClFN3O2. The summed E-state index contributed by atoms with van der Waals surface area (Å²) >= 11 is 6.07. The summed E-state index contributed by atoms with van der Waals surface area (Å²) in [5.74, 6) is -0.369. The SMILES string of the molecule is O=C(NCc1ccccc1F)c1ccc2nc(-c3cccnc3Cl)oc2c1. The van der Waals surface area contributed by atoms with Crippen molar-refractivity contribution in [2.24, 2.45) is 0 Å². The predicted octanol–water partition coefficient (Wildman–Crippen LogP) is 4.61. The lowest BCUT2D eigenvalue weighted by Crippen LogP contribution is -2.23. The molecule has 134 valence electrons. The summed E-state index contributed by atoms with van der Waals surface area (Å²) in [7, 11) is 0. The smallest absolute Gasteiger partial charge is 0.251 e. The average Bonchev–Trinajstić information content (AvgIpc) is 3.10. The minimum absolute atomic E-state index is 0.0937. The van der Waals surface area contributed by atoms with E-state index in [2.05, 4.69) is 15.3 Å². The van der Waals surface area contributed by atoms with Gasteiger partial charge in [-0.1, -0.05) is 29.8 Å². The van der Waals surface area contributed by atoms with Gasteiger partial charge in [0, 0.05) is 23.9 Å². The monoisotopic (exact) mass is 381 g/mol. The third kappa shape index (κ3) is 3.52. The lowest BCUT2D eigenvalue weighted by atomic mass is 10.1. The van der Waals surface area contributed by atoms with Crippen molar-refractivity contribution in [2.75, 3.05) is 0 Å². The number of oxazole rings is 1. The summed E-state index contributed by atoms with van der Waals surface area (Å²) in [6, 6.07) is 14.7. The Morgan fingerprint density at radius 2 is 2.00 bits per heavy atom. The first-order valence-corrected chi connectivity index (χ1v) is 8.53. The van der Waals surface area contributed by atoms with Gasteiger partial charge in [0.2, 0.25) is 5.89 Å². The lowest BCUT2D eigenvalue weighted by Gasteiger charge is -2.06. The summed E-state index contributed by atoms with van der Waals surface area (Å²) in [5.41, 5.74) is 2.42. The van der Waals surface area contributed by atoms with Crippen LogP contribution < -0.4 is 5.32 Å². The fraction of sp³-hybridized carbons (Fsp3) is 0.0500. The Morgan fingerprint density at radius 3 is 2.81 bits per heavy atom. The minimum Gasteiger partial charge on any atom is -0.436 e. The van der Waals surface area contributed by atoms with Gasteiger partial charge in [0.25, 0.3) is 5.91 Å². The van der Waals surface area contributed by atoms with Crippen LogP contribution in [0.5, 0.6) is 0 Å². The predicted molar refractivity (Wildman–Crippen MR) is 99.8 cm³/mol. The van der Waals surface area contributed by atoms with Crippen LogP contribution in [0.25, 0.3) is 22.6 Å². The molecular weight excluding hydrogens is 369 g/mol. The first-order chi connectivity index (χ1) is 13.1. The third-order valence-corrected chi connectivity index (χ3v) is 4.34. The van der Waals surface area contributed by atoms with Crippen LogP contribution in [0.1, 0.15) is 15.9 Å². The molecule has 4 rings (SSSR count). The molecule has 1 N–H and O–H groups in total. The van der Waals surface area contributed by atoms with Crippen molar-refractivity contribution in [3.63, 3.8) is 0 Å². The average molecular weight is 382 g/mol. The Labute approximate surface area is 158 Å². The van der Waals surface area contributed by atoms with E-state index in [-0.39, 0.29) is 23.4 Å². The van der Waals surface area contributed by atoms with Crippen LogP contribution in [-0.2, 0) is 6.54 Å². The number of fused-ring (bicyclic) bond motifs is 1. The molecule has 0 unspecified atom stereocenters. The highest BCUT2D eigenvalue weighted by molar-refractivity contribution is 6.31. The number of carbonyl (C=O) groups excluding carboxylic acids is 1. The lowest BCUT2D eigenvalue weighted by molar-refractivity contribution is 0.0950. The van der Waals surface area contributed by atoms with Gasteiger partial charge in [-0.2, -0.15) is 0 Å². The van der Waals surface area contributed by atoms with E-state index < -0.39 is 0 Å². The second kappa shape index (κ2) is 7.17. The largest absolute Gasteiger partial charge is 0.436 e. The number of halogens is 2. The Morgan fingerprint density at radius 1 is 1.15 bits per heavy atom. The number of rotatable bonds is 4. The number of amides is 1. The van der Waals surface area contributed by atoms with E-state index in [0.29, 0.717) is 33.7 Å². The van der Waals surface area contributed by atoms with Crippen molar-refractivity contribution in [1.29, 1.82) is 0 Å². The molecule has 0 saturated heterocycles. The number of nitrogens with one attached hydrogen (secondary N) is 1. The standard InChI is InChI=1S/C20H13ClFN3O2/c21-18-14(5-3-9-23-18)20-25-16-8-7-12(10-17(16)27-20)19(26)24-11-13-4-1-2-6-15(13)22/h1-10H,11H2,(H,24,26). The summed E-state index contributed by atoms with van der Waals surface area (Å²) in [6.07, 6.45) is 1.58. The maximum absolute atomic E-state index is 13.7. The Bertz CT molecular complexity index is 1140. The fourth-order valence-electron chi connectivity index (χ4n) is 2.65. The first kappa shape index (κ1) is 17.2. The van der Waals surface area contributed by atoms with Crippen LogP contribution in [0.3, 0.4) is 0 Å². The number of benzene rings is 2. The second-order valence-electron chi connectivity index (χ2n) is 5.82. The molecule has 0 aliphatic rings. The number of pyridine rings is 1. The molecule has 4 aromatic rings. The highest BCUT2D eigenvalue weighted by atomic mass is 35.5. The molecule has 0 aliphatic carbocycles. The van der Waals surface area contributed by atoms with Crippen molar-refractivity contribution < 1.29 is 13.6 Å². The van der Waals surface area contributed by atoms with Crippen molar-refractivity contribution in [1.82, 2.24) is 15.3 Å². The van der Waals surface area contributed by atoms with Gasteiger partial charge in [-0.3, -0.25) is 4.79 Å². The summed E-state index contributed by atoms with van der Waals surface area (Å²) in [4.78, 5) is 20.8. The van der Waals surface area contributed by atoms with E-state index in [4.69, 9.17) is 16.0 Å². The molecule has 0 atom stereocenters. The molecule has 5 nitrogen and oxygen atoms in total. The molecule has 0 radical (unpaired) electrons. The number of carbonyl (C=O) groups is 1. The molecule has 0 fully saturated rings. The summed E-state index contributed by atoms with van der Waals surface area (Å²) in [5, 5.41) is 2.98. The topological polar surface area (TPSA) is 68.0 Å². The first-order valence-electron chi connectivity index (χ1n) is 8.15. The molecule has 0 bridgehead atoms. The van der Waals surface area contributed by atoms with Crippen molar-refractivity contribution in [2.45, 2.75) is 6.54 Å². The van der Waals surface area contributed by atoms with Crippen molar-refractivity contribution in [3.8, 4) is 11.5 Å². The van der Waals surface area contributed by atoms with Gasteiger partial charge in [0.05, 0.1) is 5.56 Å². The van der Waals surface area contributed by atoms with E-state index in [9.17, 15) is 9.18 Å². The van der Waals surface area contributed by atoms with Crippen molar-refractivity contribution in [3.05, 3.63) is 82.9 Å². The van der Waals surface area contributed by atoms with Gasteiger partial charge in [0.15, 0.2) is 5.58 Å². The number of aromatic nitrogens is 2. The quantitative estimate of drug-likeness (QED) is 0.524. The van der Waals surface area contributed by atoms with E-state index in [1.165, 1.54) is 6.07 Å². The Hall–Kier alpha value is -3.25. The third-order valence-electron chi connectivity index (χ3n) is 4.04. The minimum atomic E-state index is -0.360. The molecule has 0 spiro atoms. The van der Waals surface area contributed by atoms with Crippen LogP contribution >= 0.6 is 11.6 Å². The zero-order chi connectivity index (χ0) is 18.8. The Kier molecular flexibility index (Phi) is 4.56. The van der Waals surface area contributed by atoms with Crippen LogP contribution in [0.15, 0.2) is 65.2 Å². The van der Waals surface area contributed by atoms with Crippen LogP contribution in [0, 0.1) is 5.82 Å². The second-order valence-corrected chi connectivity index (χ2v) is 6.18. The zero-order valence-electron chi connectivity index (χ0n) is 13.9. The number of hydrogen-bond donors (Lipinski definition) is 1. The van der Waals surface area contributed by atoms with Crippen molar-refractivity contribution >= 4 is 28.6 Å². The highest BCUT2D eigenvalue weighted by Gasteiger charge is 2.14. The molecule has 27 heavy (non-hydrogen) atoms. The molecule has 1 amide bonds. The van der Waals surface area contributed by atoms with Crippen LogP contribution in [0.2, 0.25) is 5.15 Å². The molecule has 2 heterocycles. The summed E-state index contributed by atoms with van der Waals surface area (Å²) < 4.78 is 19.4. The highest BCUT2D eigenvalue weighted by Crippen LogP contribution is 2.28. The fourth-order valence-corrected chi connectivity index (χ4v) is 2.85. The van der Waals surface area contributed by atoms with E-state index in [0.717, 1.165) is 0 Å². The van der Waals surface area contributed by atoms with Crippen LogP contribution in [0.4, 0.5) is 4.39 Å². The summed E-state index contributed by atoms with van der Waals surface area (Å²) in [6.45, 7) is 0.0937. The maximum atomic E-state index is 13.7. The maximum Gasteiger partial charge on any atom is 0.251 e. The van der Waals surface area contributed by atoms with Gasteiger partial charge in [-0.25, -0.2) is 14.4 Å². The molecule has 2 aromatic carbocycles. The van der Waals surface area contributed by atoms with Crippen LogP contribution in [-0.4, -0.2) is 15.9 Å². The van der Waals surface area contributed by atoms with Gasteiger partial charge < -0.3 is 9.73 Å². The molecule has 0 aliphatic heterocycles.